The fourth-order valence-corrected chi connectivity index (χ4v) is 3.96. The van der Waals surface area contributed by atoms with Gasteiger partial charge in [-0.25, -0.2) is 9.97 Å². The lowest BCUT2D eigenvalue weighted by Crippen LogP contribution is -2.26. The number of amides is 1. The zero-order valence-corrected chi connectivity index (χ0v) is 18.7. The quantitative estimate of drug-likeness (QED) is 0.288. The topological polar surface area (TPSA) is 64.1 Å². The second-order valence-electron chi connectivity index (χ2n) is 7.12. The van der Waals surface area contributed by atoms with Crippen molar-refractivity contribution in [2.75, 3.05) is 25.5 Å². The molecule has 5 nitrogen and oxygen atoms in total. The minimum Gasteiger partial charge on any atom is -0.382 e. The van der Waals surface area contributed by atoms with Crippen LogP contribution in [0.1, 0.15) is 31.4 Å². The Morgan fingerprint density at radius 2 is 2.00 bits per heavy atom. The maximum absolute atomic E-state index is 12.3. The summed E-state index contributed by atoms with van der Waals surface area (Å²) in [6.07, 6.45) is 1.76. The van der Waals surface area contributed by atoms with E-state index in [4.69, 9.17) is 14.7 Å². The van der Waals surface area contributed by atoms with E-state index in [9.17, 15) is 4.79 Å². The summed E-state index contributed by atoms with van der Waals surface area (Å²) in [5, 5.41) is 4.80. The molecule has 0 bridgehead atoms. The number of benzene rings is 2. The molecule has 0 aliphatic rings. The number of hydrogen-bond acceptors (Lipinski definition) is 5. The summed E-state index contributed by atoms with van der Waals surface area (Å²) < 4.78 is 5.30. The van der Waals surface area contributed by atoms with Gasteiger partial charge in [0.2, 0.25) is 5.91 Å². The summed E-state index contributed by atoms with van der Waals surface area (Å²) in [6, 6.07) is 14.5. The van der Waals surface area contributed by atoms with Crippen molar-refractivity contribution in [3.8, 4) is 11.4 Å². The normalized spacial score (nSPS) is 11.0. The summed E-state index contributed by atoms with van der Waals surface area (Å²) in [5.74, 6) is 1.02. The standard InChI is InChI=1S/C24H29N3O2S/c1-4-18-10-11-21-20(15-18)24(30-16-22(28)25-12-7-13-29-5-2)27-23(26-21)19-9-6-8-17(3)14-19/h6,8-11,14-15H,4-5,7,12-13,16H2,1-3H3,(H,25,28). The predicted octanol–water partition coefficient (Wildman–Crippen LogP) is 4.80. The number of fused-ring (bicyclic) bond motifs is 1. The molecule has 3 rings (SSSR count). The molecule has 1 N–H and O–H groups in total. The van der Waals surface area contributed by atoms with E-state index in [0.717, 1.165) is 39.9 Å². The van der Waals surface area contributed by atoms with Crippen molar-refractivity contribution >= 4 is 28.6 Å². The molecule has 0 saturated carbocycles. The molecule has 1 heterocycles. The number of rotatable bonds is 10. The maximum Gasteiger partial charge on any atom is 0.230 e. The molecule has 0 radical (unpaired) electrons. The largest absolute Gasteiger partial charge is 0.382 e. The number of nitrogens with zero attached hydrogens (tertiary/aromatic N) is 2. The maximum atomic E-state index is 12.3. The van der Waals surface area contributed by atoms with Gasteiger partial charge in [0.15, 0.2) is 5.82 Å². The van der Waals surface area contributed by atoms with Crippen LogP contribution in [0.3, 0.4) is 0 Å². The Bertz CT molecular complexity index is 1010. The minimum atomic E-state index is 0.00649. The van der Waals surface area contributed by atoms with Gasteiger partial charge in [-0.05, 0) is 50.5 Å². The Labute approximate surface area is 182 Å². The highest BCUT2D eigenvalue weighted by Gasteiger charge is 2.13. The van der Waals surface area contributed by atoms with Gasteiger partial charge in [-0.1, -0.05) is 48.5 Å². The first kappa shape index (κ1) is 22.2. The van der Waals surface area contributed by atoms with E-state index in [1.807, 2.05) is 25.1 Å². The molecule has 0 saturated heterocycles. The van der Waals surface area contributed by atoms with Crippen LogP contribution in [0.25, 0.3) is 22.3 Å². The number of thioether (sulfide) groups is 1. The van der Waals surface area contributed by atoms with Gasteiger partial charge in [0.25, 0.3) is 0 Å². The van der Waals surface area contributed by atoms with E-state index >= 15 is 0 Å². The molecule has 0 aliphatic heterocycles. The van der Waals surface area contributed by atoms with Crippen LogP contribution < -0.4 is 5.32 Å². The van der Waals surface area contributed by atoms with Crippen molar-refractivity contribution in [1.82, 2.24) is 15.3 Å². The summed E-state index contributed by atoms with van der Waals surface area (Å²) in [5.41, 5.74) is 4.28. The Morgan fingerprint density at radius 3 is 2.77 bits per heavy atom. The summed E-state index contributed by atoms with van der Waals surface area (Å²) in [6.45, 7) is 8.15. The Kier molecular flexibility index (Phi) is 8.22. The molecule has 3 aromatic rings. The molecule has 0 atom stereocenters. The van der Waals surface area contributed by atoms with E-state index in [-0.39, 0.29) is 5.91 Å². The van der Waals surface area contributed by atoms with Crippen LogP contribution in [0, 0.1) is 6.92 Å². The monoisotopic (exact) mass is 423 g/mol. The lowest BCUT2D eigenvalue weighted by Gasteiger charge is -2.11. The van der Waals surface area contributed by atoms with Crippen molar-refractivity contribution in [3.63, 3.8) is 0 Å². The Hall–Kier alpha value is -2.44. The van der Waals surface area contributed by atoms with Crippen LogP contribution in [0.2, 0.25) is 0 Å². The zero-order chi connectivity index (χ0) is 21.3. The van der Waals surface area contributed by atoms with Crippen molar-refractivity contribution < 1.29 is 9.53 Å². The molecule has 0 fully saturated rings. The van der Waals surface area contributed by atoms with Gasteiger partial charge in [-0.15, -0.1) is 0 Å². The summed E-state index contributed by atoms with van der Waals surface area (Å²) in [7, 11) is 0. The molecular formula is C24H29N3O2S. The third-order valence-corrected chi connectivity index (χ3v) is 5.73. The highest BCUT2D eigenvalue weighted by molar-refractivity contribution is 8.00. The van der Waals surface area contributed by atoms with Crippen molar-refractivity contribution in [2.24, 2.45) is 0 Å². The zero-order valence-electron chi connectivity index (χ0n) is 17.9. The highest BCUT2D eigenvalue weighted by atomic mass is 32.2. The summed E-state index contributed by atoms with van der Waals surface area (Å²) in [4.78, 5) is 21.9. The number of aryl methyl sites for hydroxylation is 2. The number of ether oxygens (including phenoxy) is 1. The van der Waals surface area contributed by atoms with Gasteiger partial charge in [0.1, 0.15) is 5.03 Å². The third-order valence-electron chi connectivity index (χ3n) is 4.74. The molecular weight excluding hydrogens is 394 g/mol. The Balaban J connectivity index is 1.81. The summed E-state index contributed by atoms with van der Waals surface area (Å²) >= 11 is 1.46. The first-order chi connectivity index (χ1) is 14.6. The van der Waals surface area contributed by atoms with Gasteiger partial charge in [0, 0.05) is 30.7 Å². The SMILES string of the molecule is CCOCCCNC(=O)CSc1nc(-c2cccc(C)c2)nc2ccc(CC)cc12. The minimum absolute atomic E-state index is 0.00649. The molecule has 0 aliphatic carbocycles. The number of carbonyl (C=O) groups is 1. The van der Waals surface area contributed by atoms with Crippen LogP contribution in [0.5, 0.6) is 0 Å². The van der Waals surface area contributed by atoms with Gasteiger partial charge in [-0.3, -0.25) is 4.79 Å². The lowest BCUT2D eigenvalue weighted by atomic mass is 10.1. The number of nitrogens with one attached hydrogen (secondary N) is 1. The van der Waals surface area contributed by atoms with Crippen molar-refractivity contribution in [2.45, 2.75) is 38.6 Å². The molecule has 2 aromatic carbocycles. The average Bonchev–Trinajstić information content (AvgIpc) is 2.76. The van der Waals surface area contributed by atoms with E-state index in [1.54, 1.807) is 0 Å². The molecule has 1 aromatic heterocycles. The second-order valence-corrected chi connectivity index (χ2v) is 8.08. The van der Waals surface area contributed by atoms with E-state index in [0.29, 0.717) is 31.3 Å². The Morgan fingerprint density at radius 1 is 1.13 bits per heavy atom. The first-order valence-corrected chi connectivity index (χ1v) is 11.4. The van der Waals surface area contributed by atoms with Gasteiger partial charge in [0.05, 0.1) is 11.3 Å². The first-order valence-electron chi connectivity index (χ1n) is 10.5. The average molecular weight is 424 g/mol. The van der Waals surface area contributed by atoms with Crippen LogP contribution >= 0.6 is 11.8 Å². The molecule has 158 valence electrons. The molecule has 1 amide bonds. The van der Waals surface area contributed by atoms with Gasteiger partial charge in [-0.2, -0.15) is 0 Å². The van der Waals surface area contributed by atoms with E-state index < -0.39 is 0 Å². The molecule has 30 heavy (non-hydrogen) atoms. The third kappa shape index (κ3) is 6.03. The number of aromatic nitrogens is 2. The van der Waals surface area contributed by atoms with Gasteiger partial charge < -0.3 is 10.1 Å². The number of carbonyl (C=O) groups excluding carboxylic acids is 1. The van der Waals surface area contributed by atoms with Crippen molar-refractivity contribution in [1.29, 1.82) is 0 Å². The lowest BCUT2D eigenvalue weighted by molar-refractivity contribution is -0.118. The van der Waals surface area contributed by atoms with Crippen LogP contribution in [0.4, 0.5) is 0 Å². The fourth-order valence-electron chi connectivity index (χ4n) is 3.12. The number of hydrogen-bond donors (Lipinski definition) is 1. The predicted molar refractivity (Wildman–Crippen MR) is 124 cm³/mol. The van der Waals surface area contributed by atoms with Crippen LogP contribution in [0.15, 0.2) is 47.5 Å². The molecule has 0 spiro atoms. The smallest absolute Gasteiger partial charge is 0.230 e. The van der Waals surface area contributed by atoms with Gasteiger partial charge >= 0.3 is 0 Å². The fraction of sp³-hybridized carbons (Fsp3) is 0.375. The molecule has 0 unspecified atom stereocenters. The second kappa shape index (κ2) is 11.1. The van der Waals surface area contributed by atoms with Crippen LogP contribution in [-0.2, 0) is 16.0 Å². The van der Waals surface area contributed by atoms with E-state index in [1.165, 1.54) is 17.3 Å². The highest BCUT2D eigenvalue weighted by Crippen LogP contribution is 2.29. The van der Waals surface area contributed by atoms with E-state index in [2.05, 4.69) is 43.4 Å². The molecule has 6 heteroatoms. The van der Waals surface area contributed by atoms with Crippen molar-refractivity contribution in [3.05, 3.63) is 53.6 Å². The van der Waals surface area contributed by atoms with Crippen LogP contribution in [-0.4, -0.2) is 41.4 Å².